The van der Waals surface area contributed by atoms with Gasteiger partial charge in [-0.2, -0.15) is 0 Å². The van der Waals surface area contributed by atoms with Crippen molar-refractivity contribution in [3.63, 3.8) is 0 Å². The third-order valence-corrected chi connectivity index (χ3v) is 12.3. The second kappa shape index (κ2) is 14.1. The molecule has 3 atom stereocenters. The van der Waals surface area contributed by atoms with Gasteiger partial charge >= 0.3 is 5.97 Å². The van der Waals surface area contributed by atoms with E-state index in [0.29, 0.717) is 24.4 Å². The number of benzene rings is 2. The Bertz CT molecular complexity index is 1180. The van der Waals surface area contributed by atoms with Crippen LogP contribution >= 0.6 is 11.6 Å². The molecule has 0 radical (unpaired) electrons. The summed E-state index contributed by atoms with van der Waals surface area (Å²) >= 11 is 5.94. The standard InChI is InChI=1S/C31H41ClN2O5Si/c1-31(2,3)40(4,5)39-26-14-10-9-13-24(19-28(35)33-20-22-15-17-25(32)18-16-22)29(36)34-21-27(38-30(26)37)23-11-7-6-8-12-23/h6-12,15-18,24,26-27H,13-14,19-21H2,1-5H3,(H,33,35)(H,34,36)/b10-9-/t24-,26-,27-/m0/s1. The Hall–Kier alpha value is -2.94. The number of hydrogen-bond acceptors (Lipinski definition) is 5. The fraction of sp³-hybridized carbons (Fsp3) is 0.452. The van der Waals surface area contributed by atoms with Crippen LogP contribution in [0, 0.1) is 5.92 Å². The van der Waals surface area contributed by atoms with E-state index < -0.39 is 32.4 Å². The first-order valence-corrected chi connectivity index (χ1v) is 17.0. The maximum absolute atomic E-state index is 13.4. The van der Waals surface area contributed by atoms with Crippen LogP contribution in [-0.2, 0) is 30.1 Å². The lowest BCUT2D eigenvalue weighted by Crippen LogP contribution is -2.47. The molecule has 0 saturated carbocycles. The molecule has 2 N–H and O–H groups in total. The lowest BCUT2D eigenvalue weighted by Gasteiger charge is -2.38. The van der Waals surface area contributed by atoms with Gasteiger partial charge in [0.2, 0.25) is 11.8 Å². The molecule has 216 valence electrons. The van der Waals surface area contributed by atoms with Crippen LogP contribution in [0.4, 0.5) is 0 Å². The second-order valence-corrected chi connectivity index (χ2v) is 16.9. The number of halogens is 1. The van der Waals surface area contributed by atoms with Gasteiger partial charge in [0.25, 0.3) is 0 Å². The molecule has 0 unspecified atom stereocenters. The molecule has 7 nitrogen and oxygen atoms in total. The van der Waals surface area contributed by atoms with Crippen molar-refractivity contribution >= 4 is 37.7 Å². The van der Waals surface area contributed by atoms with Crippen LogP contribution < -0.4 is 10.6 Å². The summed E-state index contributed by atoms with van der Waals surface area (Å²) in [6.07, 6.45) is 2.96. The first kappa shape index (κ1) is 31.6. The molecule has 2 aromatic carbocycles. The molecule has 1 heterocycles. The van der Waals surface area contributed by atoms with Gasteiger partial charge in [-0.1, -0.05) is 87.0 Å². The number of carbonyl (C=O) groups is 3. The average Bonchev–Trinajstić information content (AvgIpc) is 2.90. The fourth-order valence-electron chi connectivity index (χ4n) is 4.04. The molecule has 0 aromatic heterocycles. The van der Waals surface area contributed by atoms with Gasteiger partial charge in [-0.3, -0.25) is 9.59 Å². The number of esters is 1. The highest BCUT2D eigenvalue weighted by molar-refractivity contribution is 6.74. The van der Waals surface area contributed by atoms with Crippen molar-refractivity contribution in [3.05, 3.63) is 82.9 Å². The Labute approximate surface area is 243 Å². The van der Waals surface area contributed by atoms with E-state index in [9.17, 15) is 14.4 Å². The lowest BCUT2D eigenvalue weighted by atomic mass is 9.98. The van der Waals surface area contributed by atoms with E-state index in [2.05, 4.69) is 44.5 Å². The molecule has 1 aliphatic heterocycles. The Morgan fingerprint density at radius 2 is 1.70 bits per heavy atom. The number of allylic oxidation sites excluding steroid dienone is 1. The number of carbonyl (C=O) groups excluding carboxylic acids is 3. The van der Waals surface area contributed by atoms with Gasteiger partial charge in [0, 0.05) is 24.4 Å². The number of hydrogen-bond donors (Lipinski definition) is 2. The lowest BCUT2D eigenvalue weighted by molar-refractivity contribution is -0.158. The monoisotopic (exact) mass is 584 g/mol. The second-order valence-electron chi connectivity index (χ2n) is 11.7. The van der Waals surface area contributed by atoms with Gasteiger partial charge in [0.15, 0.2) is 8.32 Å². The molecule has 2 aromatic rings. The van der Waals surface area contributed by atoms with Crippen molar-refractivity contribution in [1.82, 2.24) is 10.6 Å². The summed E-state index contributed by atoms with van der Waals surface area (Å²) in [5.74, 6) is -1.51. The number of ether oxygens (including phenoxy) is 1. The Morgan fingerprint density at radius 3 is 2.35 bits per heavy atom. The Balaban J connectivity index is 1.78. The van der Waals surface area contributed by atoms with Crippen molar-refractivity contribution < 1.29 is 23.5 Å². The SMILES string of the molecule is CC(C)(C)[Si](C)(C)O[C@H]1C/C=C\C[C@@H](CC(=O)NCc2ccc(Cl)cc2)C(=O)NC[C@@H](c2ccccc2)OC1=O. The first-order chi connectivity index (χ1) is 18.9. The van der Waals surface area contributed by atoms with Crippen LogP contribution in [0.15, 0.2) is 66.7 Å². The predicted molar refractivity (Wildman–Crippen MR) is 160 cm³/mol. The zero-order valence-corrected chi connectivity index (χ0v) is 25.8. The third-order valence-electron chi connectivity index (χ3n) is 7.54. The molecule has 0 fully saturated rings. The summed E-state index contributed by atoms with van der Waals surface area (Å²) in [4.78, 5) is 39.4. The summed E-state index contributed by atoms with van der Waals surface area (Å²) in [6.45, 7) is 11.0. The zero-order valence-electron chi connectivity index (χ0n) is 24.0. The van der Waals surface area contributed by atoms with Crippen LogP contribution in [0.2, 0.25) is 23.2 Å². The normalized spacial score (nSPS) is 21.8. The van der Waals surface area contributed by atoms with E-state index in [1.54, 1.807) is 12.1 Å². The average molecular weight is 585 g/mol. The largest absolute Gasteiger partial charge is 0.454 e. The first-order valence-electron chi connectivity index (χ1n) is 13.7. The minimum Gasteiger partial charge on any atom is -0.454 e. The molecule has 0 aliphatic carbocycles. The highest BCUT2D eigenvalue weighted by atomic mass is 35.5. The summed E-state index contributed by atoms with van der Waals surface area (Å²) < 4.78 is 12.5. The quantitative estimate of drug-likeness (QED) is 0.233. The van der Waals surface area contributed by atoms with Crippen LogP contribution in [0.3, 0.4) is 0 Å². The van der Waals surface area contributed by atoms with E-state index in [-0.39, 0.29) is 29.8 Å². The number of amides is 2. The van der Waals surface area contributed by atoms with Crippen molar-refractivity contribution in [3.8, 4) is 0 Å². The van der Waals surface area contributed by atoms with Gasteiger partial charge in [0.05, 0.1) is 12.5 Å². The van der Waals surface area contributed by atoms with Crippen molar-refractivity contribution in [2.75, 3.05) is 6.54 Å². The van der Waals surface area contributed by atoms with Crippen LogP contribution in [0.1, 0.15) is 57.3 Å². The summed E-state index contributed by atoms with van der Waals surface area (Å²) in [6, 6.07) is 16.6. The molecule has 1 aliphatic rings. The molecule has 2 amide bonds. The molecule has 0 saturated heterocycles. The van der Waals surface area contributed by atoms with Gasteiger partial charge in [0.1, 0.15) is 12.2 Å². The Kier molecular flexibility index (Phi) is 11.1. The number of nitrogens with one attached hydrogen (secondary N) is 2. The molecular formula is C31H41ClN2O5Si. The number of rotatable bonds is 7. The van der Waals surface area contributed by atoms with Gasteiger partial charge < -0.3 is 19.8 Å². The van der Waals surface area contributed by atoms with E-state index >= 15 is 0 Å². The fourth-order valence-corrected chi connectivity index (χ4v) is 5.42. The van der Waals surface area contributed by atoms with Gasteiger partial charge in [-0.15, -0.1) is 0 Å². The maximum atomic E-state index is 13.4. The van der Waals surface area contributed by atoms with Gasteiger partial charge in [-0.25, -0.2) is 4.79 Å². The minimum atomic E-state index is -2.28. The smallest absolute Gasteiger partial charge is 0.335 e. The summed E-state index contributed by atoms with van der Waals surface area (Å²) in [7, 11) is -2.28. The third kappa shape index (κ3) is 9.32. The van der Waals surface area contributed by atoms with Crippen molar-refractivity contribution in [2.24, 2.45) is 5.92 Å². The highest BCUT2D eigenvalue weighted by Gasteiger charge is 2.41. The molecular weight excluding hydrogens is 544 g/mol. The Morgan fingerprint density at radius 1 is 1.05 bits per heavy atom. The molecule has 40 heavy (non-hydrogen) atoms. The molecule has 0 bridgehead atoms. The van der Waals surface area contributed by atoms with Crippen LogP contribution in [0.25, 0.3) is 0 Å². The van der Waals surface area contributed by atoms with E-state index in [1.807, 2.05) is 54.6 Å². The number of cyclic esters (lactones) is 1. The molecule has 3 rings (SSSR count). The van der Waals surface area contributed by atoms with Crippen LogP contribution in [0.5, 0.6) is 0 Å². The zero-order chi connectivity index (χ0) is 29.3. The van der Waals surface area contributed by atoms with E-state index in [0.717, 1.165) is 11.1 Å². The van der Waals surface area contributed by atoms with Crippen molar-refractivity contribution in [1.29, 1.82) is 0 Å². The van der Waals surface area contributed by atoms with Crippen molar-refractivity contribution in [2.45, 2.75) is 76.9 Å². The van der Waals surface area contributed by atoms with Gasteiger partial charge in [-0.05, 0) is 47.8 Å². The van der Waals surface area contributed by atoms with Crippen LogP contribution in [-0.4, -0.2) is 38.7 Å². The predicted octanol–water partition coefficient (Wildman–Crippen LogP) is 6.10. The summed E-state index contributed by atoms with van der Waals surface area (Å²) in [5, 5.41) is 6.35. The molecule has 9 heteroatoms. The highest BCUT2D eigenvalue weighted by Crippen LogP contribution is 2.38. The molecule has 0 spiro atoms. The van der Waals surface area contributed by atoms with E-state index in [4.69, 9.17) is 20.8 Å². The topological polar surface area (TPSA) is 93.7 Å². The maximum Gasteiger partial charge on any atom is 0.335 e. The summed E-state index contributed by atoms with van der Waals surface area (Å²) in [5.41, 5.74) is 1.69. The minimum absolute atomic E-state index is 0.0312. The van der Waals surface area contributed by atoms with E-state index in [1.165, 1.54) is 0 Å².